The van der Waals surface area contributed by atoms with Crippen molar-refractivity contribution in [3.8, 4) is 5.75 Å². The van der Waals surface area contributed by atoms with E-state index in [0.717, 1.165) is 5.56 Å². The molecule has 0 bridgehead atoms. The quantitative estimate of drug-likeness (QED) is 0.657. The van der Waals surface area contributed by atoms with E-state index in [-0.39, 0.29) is 5.82 Å². The lowest BCUT2D eigenvalue weighted by Crippen LogP contribution is -1.96. The van der Waals surface area contributed by atoms with Crippen molar-refractivity contribution < 1.29 is 9.13 Å². The Kier molecular flexibility index (Phi) is 3.22. The van der Waals surface area contributed by atoms with E-state index in [1.54, 1.807) is 29.5 Å². The van der Waals surface area contributed by atoms with Crippen molar-refractivity contribution in [3.05, 3.63) is 64.8 Å². The van der Waals surface area contributed by atoms with Crippen LogP contribution in [0.15, 0.2) is 47.8 Å². The van der Waals surface area contributed by atoms with Crippen LogP contribution in [0.25, 0.3) is 10.1 Å². The van der Waals surface area contributed by atoms with Crippen molar-refractivity contribution in [2.24, 2.45) is 0 Å². The second kappa shape index (κ2) is 5.02. The maximum absolute atomic E-state index is 13.5. The molecule has 0 N–H and O–H groups in total. The first-order chi connectivity index (χ1) is 9.25. The summed E-state index contributed by atoms with van der Waals surface area (Å²) in [7, 11) is 0. The van der Waals surface area contributed by atoms with Crippen LogP contribution in [0, 0.1) is 12.7 Å². The SMILES string of the molecule is Cc1cccc2scc(COc3ccccc3F)c12. The minimum absolute atomic E-state index is 0.301. The number of rotatable bonds is 3. The van der Waals surface area contributed by atoms with Gasteiger partial charge in [-0.2, -0.15) is 0 Å². The molecule has 0 fully saturated rings. The van der Waals surface area contributed by atoms with Crippen LogP contribution in [-0.4, -0.2) is 0 Å². The minimum Gasteiger partial charge on any atom is -0.486 e. The topological polar surface area (TPSA) is 9.23 Å². The molecule has 3 heteroatoms. The molecule has 0 aliphatic heterocycles. The molecule has 96 valence electrons. The van der Waals surface area contributed by atoms with E-state index < -0.39 is 0 Å². The number of hydrogen-bond donors (Lipinski definition) is 0. The summed E-state index contributed by atoms with van der Waals surface area (Å²) in [6.45, 7) is 2.48. The molecule has 0 atom stereocenters. The molecular formula is C16H13FOS. The molecule has 0 radical (unpaired) electrons. The van der Waals surface area contributed by atoms with Gasteiger partial charge in [-0.15, -0.1) is 11.3 Å². The first-order valence-electron chi connectivity index (χ1n) is 6.09. The highest BCUT2D eigenvalue weighted by Gasteiger charge is 2.08. The Labute approximate surface area is 115 Å². The van der Waals surface area contributed by atoms with E-state index >= 15 is 0 Å². The molecule has 1 aromatic heterocycles. The molecule has 0 aliphatic rings. The average molecular weight is 272 g/mol. The summed E-state index contributed by atoms with van der Waals surface area (Å²) in [5.41, 5.74) is 2.34. The summed E-state index contributed by atoms with van der Waals surface area (Å²) in [6.07, 6.45) is 0. The smallest absolute Gasteiger partial charge is 0.165 e. The fraction of sp³-hybridized carbons (Fsp3) is 0.125. The summed E-state index contributed by atoms with van der Waals surface area (Å²) >= 11 is 1.69. The fourth-order valence-corrected chi connectivity index (χ4v) is 3.19. The Hall–Kier alpha value is -1.87. The Bertz CT molecular complexity index is 718. The van der Waals surface area contributed by atoms with E-state index in [0.29, 0.717) is 12.4 Å². The van der Waals surface area contributed by atoms with Gasteiger partial charge in [-0.05, 0) is 36.1 Å². The number of para-hydroxylation sites is 1. The van der Waals surface area contributed by atoms with E-state index in [4.69, 9.17) is 4.74 Å². The zero-order chi connectivity index (χ0) is 13.2. The first kappa shape index (κ1) is 12.2. The molecule has 19 heavy (non-hydrogen) atoms. The van der Waals surface area contributed by atoms with Gasteiger partial charge < -0.3 is 4.74 Å². The van der Waals surface area contributed by atoms with Crippen molar-refractivity contribution in [2.75, 3.05) is 0 Å². The Morgan fingerprint density at radius 2 is 1.95 bits per heavy atom. The largest absolute Gasteiger partial charge is 0.486 e. The van der Waals surface area contributed by atoms with Gasteiger partial charge in [0.05, 0.1) is 0 Å². The number of fused-ring (bicyclic) bond motifs is 1. The molecule has 2 aromatic carbocycles. The normalized spacial score (nSPS) is 10.8. The molecule has 1 heterocycles. The van der Waals surface area contributed by atoms with Crippen LogP contribution < -0.4 is 4.74 Å². The summed E-state index contributed by atoms with van der Waals surface area (Å²) in [4.78, 5) is 0. The summed E-state index contributed by atoms with van der Waals surface area (Å²) in [6, 6.07) is 12.7. The van der Waals surface area contributed by atoms with E-state index in [1.165, 1.54) is 21.7 Å². The first-order valence-corrected chi connectivity index (χ1v) is 6.96. The molecule has 3 aromatic rings. The Morgan fingerprint density at radius 1 is 1.11 bits per heavy atom. The molecule has 0 aliphatic carbocycles. The van der Waals surface area contributed by atoms with Crippen molar-refractivity contribution in [3.63, 3.8) is 0 Å². The number of hydrogen-bond acceptors (Lipinski definition) is 2. The van der Waals surface area contributed by atoms with Gasteiger partial charge in [0.25, 0.3) is 0 Å². The van der Waals surface area contributed by atoms with E-state index in [2.05, 4.69) is 30.5 Å². The number of thiophene rings is 1. The van der Waals surface area contributed by atoms with Gasteiger partial charge in [-0.25, -0.2) is 4.39 Å². The highest BCUT2D eigenvalue weighted by Crippen LogP contribution is 2.29. The van der Waals surface area contributed by atoms with Gasteiger partial charge in [0.15, 0.2) is 11.6 Å². The Balaban J connectivity index is 1.89. The molecule has 0 spiro atoms. The number of halogens is 1. The number of aryl methyl sites for hydroxylation is 1. The zero-order valence-corrected chi connectivity index (χ0v) is 11.3. The van der Waals surface area contributed by atoms with Crippen LogP contribution in [0.5, 0.6) is 5.75 Å². The predicted molar refractivity (Wildman–Crippen MR) is 77.3 cm³/mol. The van der Waals surface area contributed by atoms with Crippen LogP contribution >= 0.6 is 11.3 Å². The third kappa shape index (κ3) is 2.34. The average Bonchev–Trinajstić information content (AvgIpc) is 2.83. The van der Waals surface area contributed by atoms with Gasteiger partial charge in [-0.1, -0.05) is 24.3 Å². The van der Waals surface area contributed by atoms with Gasteiger partial charge in [0, 0.05) is 15.6 Å². The monoisotopic (exact) mass is 272 g/mol. The van der Waals surface area contributed by atoms with Crippen LogP contribution in [0.3, 0.4) is 0 Å². The highest BCUT2D eigenvalue weighted by molar-refractivity contribution is 7.17. The second-order valence-electron chi connectivity index (χ2n) is 4.43. The maximum atomic E-state index is 13.5. The maximum Gasteiger partial charge on any atom is 0.165 e. The predicted octanol–water partition coefficient (Wildman–Crippen LogP) is 4.93. The lowest BCUT2D eigenvalue weighted by molar-refractivity contribution is 0.292. The second-order valence-corrected chi connectivity index (χ2v) is 5.34. The van der Waals surface area contributed by atoms with Gasteiger partial charge >= 0.3 is 0 Å². The molecule has 3 rings (SSSR count). The summed E-state index contributed by atoms with van der Waals surface area (Å²) in [5, 5.41) is 3.31. The fourth-order valence-electron chi connectivity index (χ4n) is 2.17. The zero-order valence-electron chi connectivity index (χ0n) is 10.5. The molecule has 0 saturated carbocycles. The van der Waals surface area contributed by atoms with Crippen molar-refractivity contribution >= 4 is 21.4 Å². The number of benzene rings is 2. The van der Waals surface area contributed by atoms with Crippen LogP contribution in [0.1, 0.15) is 11.1 Å². The summed E-state index contributed by atoms with van der Waals surface area (Å²) in [5.74, 6) is -0.0193. The van der Waals surface area contributed by atoms with Gasteiger partial charge in [0.1, 0.15) is 6.61 Å². The minimum atomic E-state index is -0.321. The van der Waals surface area contributed by atoms with Crippen LogP contribution in [0.2, 0.25) is 0 Å². The molecule has 1 nitrogen and oxygen atoms in total. The third-order valence-corrected chi connectivity index (χ3v) is 4.10. The van der Waals surface area contributed by atoms with Gasteiger partial charge in [0.2, 0.25) is 0 Å². The highest BCUT2D eigenvalue weighted by atomic mass is 32.1. The lowest BCUT2D eigenvalue weighted by atomic mass is 10.1. The van der Waals surface area contributed by atoms with E-state index in [9.17, 15) is 4.39 Å². The molecule has 0 unspecified atom stereocenters. The van der Waals surface area contributed by atoms with Gasteiger partial charge in [-0.3, -0.25) is 0 Å². The molecular weight excluding hydrogens is 259 g/mol. The third-order valence-electron chi connectivity index (χ3n) is 3.10. The van der Waals surface area contributed by atoms with Crippen LogP contribution in [-0.2, 0) is 6.61 Å². The van der Waals surface area contributed by atoms with Crippen molar-refractivity contribution in [2.45, 2.75) is 13.5 Å². The molecule has 0 amide bonds. The summed E-state index contributed by atoms with van der Waals surface area (Å²) < 4.78 is 20.3. The van der Waals surface area contributed by atoms with Crippen LogP contribution in [0.4, 0.5) is 4.39 Å². The van der Waals surface area contributed by atoms with Crippen molar-refractivity contribution in [1.29, 1.82) is 0 Å². The standard InChI is InChI=1S/C16H13FOS/c1-11-5-4-8-15-16(11)12(10-19-15)9-18-14-7-3-2-6-13(14)17/h2-8,10H,9H2,1H3. The van der Waals surface area contributed by atoms with Crippen molar-refractivity contribution in [1.82, 2.24) is 0 Å². The van der Waals surface area contributed by atoms with E-state index in [1.807, 2.05) is 0 Å². The Morgan fingerprint density at radius 3 is 2.79 bits per heavy atom. The lowest BCUT2D eigenvalue weighted by Gasteiger charge is -2.07. The number of ether oxygens (including phenoxy) is 1. The molecule has 0 saturated heterocycles.